The first-order valence-corrected chi connectivity index (χ1v) is 6.17. The molecule has 6 nitrogen and oxygen atoms in total. The van der Waals surface area contributed by atoms with E-state index in [1.165, 1.54) is 9.80 Å². The number of carboxylic acid groups (broad SMARTS) is 1. The van der Waals surface area contributed by atoms with E-state index in [0.29, 0.717) is 31.6 Å². The Balaban J connectivity index is 2.23. The van der Waals surface area contributed by atoms with Crippen LogP contribution < -0.4 is 0 Å². The number of rotatable bonds is 1. The lowest BCUT2D eigenvalue weighted by Crippen LogP contribution is -2.31. The SMILES string of the molecule is CN(C)C(=O)c1ccc2c(n1)CCN(C(=O)O)CC2. The fraction of sp³-hybridized carbons (Fsp3) is 0.462. The van der Waals surface area contributed by atoms with Crippen LogP contribution in [-0.2, 0) is 12.8 Å². The maximum atomic E-state index is 11.8. The summed E-state index contributed by atoms with van der Waals surface area (Å²) in [5.74, 6) is -0.137. The van der Waals surface area contributed by atoms with Crippen LogP contribution in [0.25, 0.3) is 0 Å². The molecule has 0 spiro atoms. The molecule has 2 amide bonds. The lowest BCUT2D eigenvalue weighted by atomic mass is 10.1. The van der Waals surface area contributed by atoms with Crippen LogP contribution in [0.2, 0.25) is 0 Å². The Morgan fingerprint density at radius 1 is 1.26 bits per heavy atom. The summed E-state index contributed by atoms with van der Waals surface area (Å²) < 4.78 is 0. The van der Waals surface area contributed by atoms with Gasteiger partial charge >= 0.3 is 6.09 Å². The summed E-state index contributed by atoms with van der Waals surface area (Å²) in [7, 11) is 3.36. The number of aromatic nitrogens is 1. The zero-order chi connectivity index (χ0) is 14.0. The molecule has 1 aromatic rings. The van der Waals surface area contributed by atoms with Gasteiger partial charge in [-0.25, -0.2) is 9.78 Å². The highest BCUT2D eigenvalue weighted by atomic mass is 16.4. The number of fused-ring (bicyclic) bond motifs is 1. The van der Waals surface area contributed by atoms with Gasteiger partial charge in [0, 0.05) is 39.3 Å². The van der Waals surface area contributed by atoms with Crippen LogP contribution in [-0.4, -0.2) is 59.1 Å². The molecule has 2 heterocycles. The quantitative estimate of drug-likeness (QED) is 0.815. The molecule has 0 unspecified atom stereocenters. The summed E-state index contributed by atoms with van der Waals surface area (Å²) >= 11 is 0. The maximum Gasteiger partial charge on any atom is 0.407 e. The molecule has 0 atom stereocenters. The van der Waals surface area contributed by atoms with Gasteiger partial charge in [-0.3, -0.25) is 4.79 Å². The number of carbonyl (C=O) groups is 2. The number of carbonyl (C=O) groups excluding carboxylic acids is 1. The molecule has 0 saturated heterocycles. The Morgan fingerprint density at radius 3 is 2.58 bits per heavy atom. The van der Waals surface area contributed by atoms with Crippen LogP contribution in [0.5, 0.6) is 0 Å². The van der Waals surface area contributed by atoms with E-state index in [-0.39, 0.29) is 5.91 Å². The highest BCUT2D eigenvalue weighted by molar-refractivity contribution is 5.92. The molecule has 0 radical (unpaired) electrons. The molecule has 19 heavy (non-hydrogen) atoms. The van der Waals surface area contributed by atoms with Crippen molar-refractivity contribution in [1.29, 1.82) is 0 Å². The average molecular weight is 263 g/mol. The van der Waals surface area contributed by atoms with Gasteiger partial charge in [0.2, 0.25) is 0 Å². The predicted molar refractivity (Wildman–Crippen MR) is 69.3 cm³/mol. The van der Waals surface area contributed by atoms with Crippen molar-refractivity contribution < 1.29 is 14.7 Å². The third kappa shape index (κ3) is 2.83. The van der Waals surface area contributed by atoms with Crippen LogP contribution in [0.15, 0.2) is 12.1 Å². The Kier molecular flexibility index (Phi) is 3.69. The summed E-state index contributed by atoms with van der Waals surface area (Å²) in [5, 5.41) is 9.00. The zero-order valence-corrected chi connectivity index (χ0v) is 11.1. The van der Waals surface area contributed by atoms with Crippen molar-refractivity contribution in [3.63, 3.8) is 0 Å². The molecule has 0 bridgehead atoms. The second kappa shape index (κ2) is 5.26. The number of nitrogens with zero attached hydrogens (tertiary/aromatic N) is 3. The highest BCUT2D eigenvalue weighted by Crippen LogP contribution is 2.15. The molecule has 0 aromatic carbocycles. The smallest absolute Gasteiger partial charge is 0.407 e. The lowest BCUT2D eigenvalue weighted by Gasteiger charge is -2.14. The fourth-order valence-electron chi connectivity index (χ4n) is 2.12. The summed E-state index contributed by atoms with van der Waals surface area (Å²) in [6, 6.07) is 3.59. The molecule has 102 valence electrons. The molecule has 0 aliphatic carbocycles. The first-order valence-electron chi connectivity index (χ1n) is 6.17. The topological polar surface area (TPSA) is 73.7 Å². The van der Waals surface area contributed by atoms with Crippen LogP contribution in [0.4, 0.5) is 4.79 Å². The minimum absolute atomic E-state index is 0.137. The molecular formula is C13H17N3O3. The second-order valence-electron chi connectivity index (χ2n) is 4.77. The fourth-order valence-corrected chi connectivity index (χ4v) is 2.12. The van der Waals surface area contributed by atoms with Crippen LogP contribution in [0, 0.1) is 0 Å². The summed E-state index contributed by atoms with van der Waals surface area (Å²) in [4.78, 5) is 30.1. The lowest BCUT2D eigenvalue weighted by molar-refractivity contribution is 0.0821. The van der Waals surface area contributed by atoms with Crippen molar-refractivity contribution in [2.75, 3.05) is 27.2 Å². The van der Waals surface area contributed by atoms with E-state index in [1.807, 2.05) is 6.07 Å². The first-order chi connectivity index (χ1) is 8.99. The van der Waals surface area contributed by atoms with Gasteiger partial charge in [0.25, 0.3) is 5.91 Å². The summed E-state index contributed by atoms with van der Waals surface area (Å²) in [5.41, 5.74) is 2.27. The Morgan fingerprint density at radius 2 is 1.95 bits per heavy atom. The van der Waals surface area contributed by atoms with Crippen LogP contribution in [0.3, 0.4) is 0 Å². The van der Waals surface area contributed by atoms with Gasteiger partial charge in [-0.05, 0) is 18.1 Å². The number of hydrogen-bond acceptors (Lipinski definition) is 3. The van der Waals surface area contributed by atoms with E-state index >= 15 is 0 Å². The Labute approximate surface area is 111 Å². The van der Waals surface area contributed by atoms with Crippen molar-refractivity contribution in [2.45, 2.75) is 12.8 Å². The van der Waals surface area contributed by atoms with Crippen molar-refractivity contribution in [1.82, 2.24) is 14.8 Å². The molecule has 2 rings (SSSR count). The van der Waals surface area contributed by atoms with Gasteiger partial charge in [-0.2, -0.15) is 0 Å². The van der Waals surface area contributed by atoms with Crippen molar-refractivity contribution in [3.05, 3.63) is 29.1 Å². The normalized spacial score (nSPS) is 14.5. The van der Waals surface area contributed by atoms with Gasteiger partial charge in [0.15, 0.2) is 0 Å². The van der Waals surface area contributed by atoms with Gasteiger partial charge in [0.05, 0.1) is 0 Å². The molecule has 0 fully saturated rings. The van der Waals surface area contributed by atoms with E-state index in [1.54, 1.807) is 20.2 Å². The highest BCUT2D eigenvalue weighted by Gasteiger charge is 2.20. The molecule has 1 aliphatic rings. The average Bonchev–Trinajstić information content (AvgIpc) is 2.59. The van der Waals surface area contributed by atoms with E-state index in [4.69, 9.17) is 5.11 Å². The van der Waals surface area contributed by atoms with Crippen molar-refractivity contribution >= 4 is 12.0 Å². The Bertz CT molecular complexity index is 514. The van der Waals surface area contributed by atoms with Gasteiger partial charge < -0.3 is 14.9 Å². The molecule has 1 aromatic heterocycles. The van der Waals surface area contributed by atoms with E-state index in [2.05, 4.69) is 4.98 Å². The van der Waals surface area contributed by atoms with Gasteiger partial charge in [0.1, 0.15) is 5.69 Å². The summed E-state index contributed by atoms with van der Waals surface area (Å²) in [6.45, 7) is 0.903. The molecule has 1 aliphatic heterocycles. The molecule has 0 saturated carbocycles. The third-order valence-electron chi connectivity index (χ3n) is 3.23. The minimum atomic E-state index is -0.905. The molecule has 6 heteroatoms. The third-order valence-corrected chi connectivity index (χ3v) is 3.23. The van der Waals surface area contributed by atoms with Gasteiger partial charge in [-0.15, -0.1) is 0 Å². The molecular weight excluding hydrogens is 246 g/mol. The van der Waals surface area contributed by atoms with Crippen molar-refractivity contribution in [3.8, 4) is 0 Å². The number of amides is 2. The first kappa shape index (κ1) is 13.3. The second-order valence-corrected chi connectivity index (χ2v) is 4.77. The van der Waals surface area contributed by atoms with E-state index in [9.17, 15) is 9.59 Å². The maximum absolute atomic E-state index is 11.8. The summed E-state index contributed by atoms with van der Waals surface area (Å²) in [6.07, 6.45) is 0.290. The van der Waals surface area contributed by atoms with E-state index < -0.39 is 6.09 Å². The standard InChI is InChI=1S/C13H17N3O3/c1-15(2)12(17)11-4-3-9-5-7-16(13(18)19)8-6-10(9)14-11/h3-4H,5-8H2,1-2H3,(H,18,19). The predicted octanol–water partition coefficient (Wildman–Crippen LogP) is 0.862. The molecule has 1 N–H and O–H groups in total. The van der Waals surface area contributed by atoms with E-state index in [0.717, 1.165) is 11.3 Å². The van der Waals surface area contributed by atoms with Gasteiger partial charge in [-0.1, -0.05) is 6.07 Å². The monoisotopic (exact) mass is 263 g/mol. The van der Waals surface area contributed by atoms with Crippen LogP contribution >= 0.6 is 0 Å². The number of pyridine rings is 1. The number of hydrogen-bond donors (Lipinski definition) is 1. The largest absolute Gasteiger partial charge is 0.465 e. The Hall–Kier alpha value is -2.11. The zero-order valence-electron chi connectivity index (χ0n) is 11.1. The van der Waals surface area contributed by atoms with Crippen molar-refractivity contribution in [2.24, 2.45) is 0 Å². The minimum Gasteiger partial charge on any atom is -0.465 e. The van der Waals surface area contributed by atoms with Crippen LogP contribution in [0.1, 0.15) is 21.7 Å².